The van der Waals surface area contributed by atoms with Crippen molar-refractivity contribution in [3.63, 3.8) is 0 Å². The van der Waals surface area contributed by atoms with Gasteiger partial charge in [0.05, 0.1) is 29.4 Å². The predicted octanol–water partition coefficient (Wildman–Crippen LogP) is 4.20. The molecule has 0 radical (unpaired) electrons. The Labute approximate surface area is 194 Å². The SMILES string of the molecule is Cc1ccc(-c2nc3ncccc3o2)cc1NC(=O)c1cc([N+](=O)[O-])ccc1N1CCOCC1. The van der Waals surface area contributed by atoms with Crippen LogP contribution >= 0.6 is 0 Å². The summed E-state index contributed by atoms with van der Waals surface area (Å²) < 4.78 is 11.2. The minimum Gasteiger partial charge on any atom is -0.434 e. The Morgan fingerprint density at radius 1 is 1.15 bits per heavy atom. The van der Waals surface area contributed by atoms with Gasteiger partial charge in [-0.25, -0.2) is 4.98 Å². The number of carbonyl (C=O) groups excluding carboxylic acids is 1. The van der Waals surface area contributed by atoms with Crippen LogP contribution in [-0.2, 0) is 4.74 Å². The monoisotopic (exact) mass is 459 g/mol. The summed E-state index contributed by atoms with van der Waals surface area (Å²) in [5.74, 6) is -0.0572. The summed E-state index contributed by atoms with van der Waals surface area (Å²) in [6.45, 7) is 4.11. The molecule has 0 bridgehead atoms. The van der Waals surface area contributed by atoms with Gasteiger partial charge in [-0.3, -0.25) is 14.9 Å². The second-order valence-corrected chi connectivity index (χ2v) is 7.89. The van der Waals surface area contributed by atoms with Crippen molar-refractivity contribution in [3.05, 3.63) is 76.0 Å². The van der Waals surface area contributed by atoms with E-state index in [4.69, 9.17) is 9.15 Å². The number of nitrogens with one attached hydrogen (secondary N) is 1. The fraction of sp³-hybridized carbons (Fsp3) is 0.208. The van der Waals surface area contributed by atoms with Crippen LogP contribution in [-0.4, -0.2) is 47.1 Å². The van der Waals surface area contributed by atoms with E-state index in [2.05, 4.69) is 15.3 Å². The molecule has 0 unspecified atom stereocenters. The van der Waals surface area contributed by atoms with Crippen LogP contribution in [0.3, 0.4) is 0 Å². The van der Waals surface area contributed by atoms with Gasteiger partial charge in [0.15, 0.2) is 11.2 Å². The molecule has 1 N–H and O–H groups in total. The van der Waals surface area contributed by atoms with Gasteiger partial charge >= 0.3 is 0 Å². The quantitative estimate of drug-likeness (QED) is 0.348. The van der Waals surface area contributed by atoms with E-state index < -0.39 is 10.8 Å². The minimum atomic E-state index is -0.507. The summed E-state index contributed by atoms with van der Waals surface area (Å²) in [6, 6.07) is 13.4. The van der Waals surface area contributed by atoms with Crippen molar-refractivity contribution in [2.45, 2.75) is 6.92 Å². The summed E-state index contributed by atoms with van der Waals surface area (Å²) in [6.07, 6.45) is 1.64. The van der Waals surface area contributed by atoms with Crippen LogP contribution in [0.5, 0.6) is 0 Å². The van der Waals surface area contributed by atoms with Gasteiger partial charge in [0.25, 0.3) is 11.6 Å². The Balaban J connectivity index is 1.48. The Morgan fingerprint density at radius 3 is 2.74 bits per heavy atom. The zero-order chi connectivity index (χ0) is 23.7. The van der Waals surface area contributed by atoms with Crippen molar-refractivity contribution in [2.24, 2.45) is 0 Å². The molecule has 2 aromatic heterocycles. The number of hydrogen-bond donors (Lipinski definition) is 1. The molecule has 1 aliphatic heterocycles. The fourth-order valence-electron chi connectivity index (χ4n) is 3.87. The highest BCUT2D eigenvalue weighted by Gasteiger charge is 2.23. The normalized spacial score (nSPS) is 13.7. The number of pyridine rings is 1. The molecule has 2 aromatic carbocycles. The topological polar surface area (TPSA) is 124 Å². The number of nitrogens with zero attached hydrogens (tertiary/aromatic N) is 4. The third-order valence-corrected chi connectivity index (χ3v) is 5.69. The number of fused-ring (bicyclic) bond motifs is 1. The van der Waals surface area contributed by atoms with E-state index in [9.17, 15) is 14.9 Å². The number of aryl methyl sites for hydroxylation is 1. The molecule has 0 spiro atoms. The molecule has 1 fully saturated rings. The number of hydrogen-bond acceptors (Lipinski definition) is 8. The van der Waals surface area contributed by atoms with Crippen molar-refractivity contribution in [1.29, 1.82) is 0 Å². The Hall–Kier alpha value is -4.31. The molecule has 1 amide bonds. The highest BCUT2D eigenvalue weighted by Crippen LogP contribution is 2.30. The van der Waals surface area contributed by atoms with Crippen LogP contribution in [0.15, 0.2) is 59.1 Å². The van der Waals surface area contributed by atoms with E-state index in [0.29, 0.717) is 60.4 Å². The maximum absolute atomic E-state index is 13.4. The highest BCUT2D eigenvalue weighted by atomic mass is 16.6. The van der Waals surface area contributed by atoms with Gasteiger partial charge in [-0.15, -0.1) is 0 Å². The molecule has 34 heavy (non-hydrogen) atoms. The second kappa shape index (κ2) is 8.91. The number of nitro benzene ring substituents is 1. The van der Waals surface area contributed by atoms with Crippen molar-refractivity contribution < 1.29 is 18.9 Å². The lowest BCUT2D eigenvalue weighted by Crippen LogP contribution is -2.37. The molecular weight excluding hydrogens is 438 g/mol. The zero-order valence-corrected chi connectivity index (χ0v) is 18.4. The van der Waals surface area contributed by atoms with Gasteiger partial charge in [-0.1, -0.05) is 6.07 Å². The van der Waals surface area contributed by atoms with Crippen molar-refractivity contribution >= 4 is 34.2 Å². The first kappa shape index (κ1) is 21.5. The molecule has 0 aliphatic carbocycles. The van der Waals surface area contributed by atoms with E-state index in [-0.39, 0.29) is 11.3 Å². The molecule has 0 saturated carbocycles. The highest BCUT2D eigenvalue weighted by molar-refractivity contribution is 6.09. The molecule has 4 aromatic rings. The average molecular weight is 459 g/mol. The number of amides is 1. The van der Waals surface area contributed by atoms with Gasteiger partial charge in [0.2, 0.25) is 5.89 Å². The minimum absolute atomic E-state index is 0.147. The first-order valence-electron chi connectivity index (χ1n) is 10.7. The van der Waals surface area contributed by atoms with Crippen molar-refractivity contribution in [2.75, 3.05) is 36.5 Å². The van der Waals surface area contributed by atoms with E-state index >= 15 is 0 Å². The molecule has 0 atom stereocenters. The van der Waals surface area contributed by atoms with Crippen LogP contribution in [0.2, 0.25) is 0 Å². The van der Waals surface area contributed by atoms with Crippen LogP contribution < -0.4 is 10.2 Å². The number of oxazole rings is 1. The number of non-ortho nitro benzene ring substituents is 1. The molecular formula is C24H21N5O5. The van der Waals surface area contributed by atoms with Crippen LogP contribution in [0.25, 0.3) is 22.7 Å². The molecule has 10 nitrogen and oxygen atoms in total. The van der Waals surface area contributed by atoms with Crippen LogP contribution in [0.4, 0.5) is 17.1 Å². The molecule has 1 saturated heterocycles. The summed E-state index contributed by atoms with van der Waals surface area (Å²) in [7, 11) is 0. The Kier molecular flexibility index (Phi) is 5.64. The number of morpholine rings is 1. The van der Waals surface area contributed by atoms with E-state index in [1.54, 1.807) is 30.5 Å². The molecule has 5 rings (SSSR count). The Morgan fingerprint density at radius 2 is 1.97 bits per heavy atom. The van der Waals surface area contributed by atoms with E-state index in [1.807, 2.05) is 24.0 Å². The predicted molar refractivity (Wildman–Crippen MR) is 126 cm³/mol. The summed E-state index contributed by atoms with van der Waals surface area (Å²) in [5, 5.41) is 14.3. The Bertz CT molecular complexity index is 1360. The molecule has 1 aliphatic rings. The van der Waals surface area contributed by atoms with Gasteiger partial charge in [-0.2, -0.15) is 4.98 Å². The third-order valence-electron chi connectivity index (χ3n) is 5.69. The first-order chi connectivity index (χ1) is 16.5. The number of rotatable bonds is 5. The maximum Gasteiger partial charge on any atom is 0.270 e. The molecule has 3 heterocycles. The van der Waals surface area contributed by atoms with Crippen molar-refractivity contribution in [1.82, 2.24) is 9.97 Å². The average Bonchev–Trinajstić information content (AvgIpc) is 3.30. The second-order valence-electron chi connectivity index (χ2n) is 7.89. The number of anilines is 2. The van der Waals surface area contributed by atoms with Crippen LogP contribution in [0.1, 0.15) is 15.9 Å². The zero-order valence-electron chi connectivity index (χ0n) is 18.4. The molecule has 172 valence electrons. The lowest BCUT2D eigenvalue weighted by molar-refractivity contribution is -0.384. The van der Waals surface area contributed by atoms with Crippen molar-refractivity contribution in [3.8, 4) is 11.5 Å². The maximum atomic E-state index is 13.4. The largest absolute Gasteiger partial charge is 0.434 e. The number of aromatic nitrogens is 2. The number of carbonyl (C=O) groups is 1. The third kappa shape index (κ3) is 4.18. The van der Waals surface area contributed by atoms with Gasteiger partial charge in [0, 0.05) is 42.7 Å². The van der Waals surface area contributed by atoms with E-state index in [0.717, 1.165) is 5.56 Å². The fourth-order valence-corrected chi connectivity index (χ4v) is 3.87. The molecule has 10 heteroatoms. The number of nitro groups is 1. The first-order valence-corrected chi connectivity index (χ1v) is 10.7. The summed E-state index contributed by atoms with van der Waals surface area (Å²) in [5.41, 5.74) is 3.82. The number of ether oxygens (including phenoxy) is 1. The van der Waals surface area contributed by atoms with Gasteiger partial charge in [-0.05, 0) is 42.8 Å². The van der Waals surface area contributed by atoms with Gasteiger partial charge in [0.1, 0.15) is 0 Å². The van der Waals surface area contributed by atoms with Crippen LogP contribution in [0, 0.1) is 17.0 Å². The summed E-state index contributed by atoms with van der Waals surface area (Å²) >= 11 is 0. The smallest absolute Gasteiger partial charge is 0.270 e. The lowest BCUT2D eigenvalue weighted by atomic mass is 10.1. The standard InChI is InChI=1S/C24H21N5O5/c1-15-4-5-16(24-27-22-21(34-24)3-2-8-25-22)13-19(15)26-23(30)18-14-17(29(31)32)6-7-20(18)28-9-11-33-12-10-28/h2-8,13-14H,9-12H2,1H3,(H,26,30). The summed E-state index contributed by atoms with van der Waals surface area (Å²) in [4.78, 5) is 34.8. The van der Waals surface area contributed by atoms with E-state index in [1.165, 1.54) is 12.1 Å². The number of benzene rings is 2. The van der Waals surface area contributed by atoms with Gasteiger partial charge < -0.3 is 19.4 Å². The lowest BCUT2D eigenvalue weighted by Gasteiger charge is -2.30.